The van der Waals surface area contributed by atoms with E-state index in [0.717, 1.165) is 63.1 Å². The summed E-state index contributed by atoms with van der Waals surface area (Å²) < 4.78 is 5.17. The third-order valence-electron chi connectivity index (χ3n) is 6.07. The number of unbranched alkanes of at least 4 members (excludes halogenated alkanes) is 1. The summed E-state index contributed by atoms with van der Waals surface area (Å²) in [5.41, 5.74) is 2.28. The highest BCUT2D eigenvalue weighted by molar-refractivity contribution is 5.79. The number of rotatable bonds is 12. The van der Waals surface area contributed by atoms with Crippen molar-refractivity contribution in [1.29, 1.82) is 0 Å². The number of carbonyl (C=O) groups is 2. The average molecular weight is 461 g/mol. The Kier molecular flexibility index (Phi) is 8.95. The Morgan fingerprint density at radius 1 is 1.27 bits per heavy atom. The summed E-state index contributed by atoms with van der Waals surface area (Å²) in [5, 5.41) is 15.5. The molecule has 3 rings (SSSR count). The first-order chi connectivity index (χ1) is 15.7. The molecule has 0 aromatic carbocycles. The normalized spacial score (nSPS) is 16.6. The molecule has 33 heavy (non-hydrogen) atoms. The number of hydrogen-bond donors (Lipinski definition) is 3. The number of ether oxygens (including phenoxy) is 1. The molecule has 2 aliphatic rings. The number of anilines is 1. The van der Waals surface area contributed by atoms with E-state index in [9.17, 15) is 14.7 Å². The number of nitrogens with zero attached hydrogens (tertiary/aromatic N) is 2. The number of fused-ring (bicyclic) bond motifs is 1. The van der Waals surface area contributed by atoms with Crippen LogP contribution in [0.5, 0.6) is 0 Å². The number of nitrogens with one attached hydrogen (secondary N) is 2. The second-order valence-electron chi connectivity index (χ2n) is 10.5. The Morgan fingerprint density at radius 3 is 2.76 bits per heavy atom. The molecule has 8 nitrogen and oxygen atoms in total. The van der Waals surface area contributed by atoms with Crippen molar-refractivity contribution in [3.05, 3.63) is 23.4 Å². The van der Waals surface area contributed by atoms with Gasteiger partial charge in [-0.25, -0.2) is 14.6 Å². The number of carbonyl (C=O) groups excluding carboxylic acids is 1. The maximum atomic E-state index is 12.0. The van der Waals surface area contributed by atoms with Gasteiger partial charge in [-0.05, 0) is 75.0 Å². The lowest BCUT2D eigenvalue weighted by molar-refractivity contribution is -0.139. The van der Waals surface area contributed by atoms with Gasteiger partial charge in [0.05, 0.1) is 6.61 Å². The second-order valence-corrected chi connectivity index (χ2v) is 10.5. The lowest BCUT2D eigenvalue weighted by atomic mass is 9.99. The van der Waals surface area contributed by atoms with Gasteiger partial charge in [-0.1, -0.05) is 26.8 Å². The van der Waals surface area contributed by atoms with Gasteiger partial charge in [-0.15, -0.1) is 0 Å². The second kappa shape index (κ2) is 11.7. The van der Waals surface area contributed by atoms with E-state index in [2.05, 4.69) is 27.7 Å². The van der Waals surface area contributed by atoms with Crippen LogP contribution in [0.2, 0.25) is 0 Å². The molecular weight excluding hydrogens is 420 g/mol. The van der Waals surface area contributed by atoms with E-state index in [4.69, 9.17) is 9.72 Å². The van der Waals surface area contributed by atoms with Crippen molar-refractivity contribution >= 4 is 17.9 Å². The van der Waals surface area contributed by atoms with Crippen LogP contribution in [0.1, 0.15) is 70.6 Å². The summed E-state index contributed by atoms with van der Waals surface area (Å²) in [6.45, 7) is 8.72. The molecule has 0 spiro atoms. The molecule has 184 valence electrons. The lowest BCUT2D eigenvalue weighted by Gasteiger charge is -2.24. The molecule has 3 N–H and O–H groups in total. The molecule has 0 radical (unpaired) electrons. The highest BCUT2D eigenvalue weighted by Crippen LogP contribution is 2.27. The van der Waals surface area contributed by atoms with E-state index in [1.165, 1.54) is 12.0 Å². The maximum absolute atomic E-state index is 12.0. The number of carboxylic acids is 1. The molecule has 0 bridgehead atoms. The fourth-order valence-corrected chi connectivity index (χ4v) is 4.06. The van der Waals surface area contributed by atoms with Crippen molar-refractivity contribution in [1.82, 2.24) is 15.2 Å². The summed E-state index contributed by atoms with van der Waals surface area (Å²) in [5.74, 6) is 0.0251. The number of amides is 1. The van der Waals surface area contributed by atoms with E-state index in [0.29, 0.717) is 19.0 Å². The molecule has 1 saturated carbocycles. The third-order valence-corrected chi connectivity index (χ3v) is 6.07. The molecule has 1 aliphatic carbocycles. The standard InChI is InChI=1S/C25H40N4O4/c1-25(2,3)17-33-24(32)28-21(23(30)31)13-16-29(20-11-12-20)15-5-4-8-19-10-9-18-7-6-14-26-22(18)27-19/h9-10,20-21H,4-8,11-17H2,1-3H3,(H,26,27)(H,28,32)(H,30,31)/t21-/m0/s1. The van der Waals surface area contributed by atoms with Gasteiger partial charge in [0.2, 0.25) is 0 Å². The zero-order valence-corrected chi connectivity index (χ0v) is 20.4. The third kappa shape index (κ3) is 8.84. The highest BCUT2D eigenvalue weighted by Gasteiger charge is 2.30. The van der Waals surface area contributed by atoms with Gasteiger partial charge in [-0.3, -0.25) is 0 Å². The molecule has 1 fully saturated rings. The van der Waals surface area contributed by atoms with Crippen LogP contribution in [0.15, 0.2) is 12.1 Å². The summed E-state index contributed by atoms with van der Waals surface area (Å²) in [7, 11) is 0. The molecule has 0 unspecified atom stereocenters. The largest absolute Gasteiger partial charge is 0.480 e. The predicted molar refractivity (Wildman–Crippen MR) is 129 cm³/mol. The lowest BCUT2D eigenvalue weighted by Crippen LogP contribution is -2.44. The van der Waals surface area contributed by atoms with Gasteiger partial charge in [-0.2, -0.15) is 0 Å². The van der Waals surface area contributed by atoms with Crippen molar-refractivity contribution in [3.63, 3.8) is 0 Å². The smallest absolute Gasteiger partial charge is 0.407 e. The van der Waals surface area contributed by atoms with E-state index < -0.39 is 18.1 Å². The van der Waals surface area contributed by atoms with Crippen LogP contribution in [-0.2, 0) is 22.4 Å². The van der Waals surface area contributed by atoms with Gasteiger partial charge in [0.15, 0.2) is 0 Å². The fraction of sp³-hybridized carbons (Fsp3) is 0.720. The average Bonchev–Trinajstić information content (AvgIpc) is 3.61. The first kappa shape index (κ1) is 25.3. The van der Waals surface area contributed by atoms with Crippen molar-refractivity contribution < 1.29 is 19.4 Å². The van der Waals surface area contributed by atoms with Crippen molar-refractivity contribution in [2.24, 2.45) is 5.41 Å². The van der Waals surface area contributed by atoms with E-state index in [-0.39, 0.29) is 12.0 Å². The van der Waals surface area contributed by atoms with Crippen LogP contribution in [0.4, 0.5) is 10.6 Å². The van der Waals surface area contributed by atoms with Crippen molar-refractivity contribution in [2.45, 2.75) is 84.2 Å². The van der Waals surface area contributed by atoms with Gasteiger partial charge in [0.1, 0.15) is 11.9 Å². The van der Waals surface area contributed by atoms with Crippen molar-refractivity contribution in [3.8, 4) is 0 Å². The Morgan fingerprint density at radius 2 is 2.06 bits per heavy atom. The Bertz CT molecular complexity index is 804. The first-order valence-corrected chi connectivity index (χ1v) is 12.3. The minimum Gasteiger partial charge on any atom is -0.480 e. The van der Waals surface area contributed by atoms with Gasteiger partial charge < -0.3 is 25.4 Å². The number of aryl methyl sites for hydroxylation is 2. The van der Waals surface area contributed by atoms with Crippen molar-refractivity contribution in [2.75, 3.05) is 31.6 Å². The molecule has 1 aromatic rings. The maximum Gasteiger partial charge on any atom is 0.407 e. The van der Waals surface area contributed by atoms with Crippen LogP contribution in [0.25, 0.3) is 0 Å². The number of aromatic nitrogens is 1. The number of hydrogen-bond acceptors (Lipinski definition) is 6. The van der Waals surface area contributed by atoms with E-state index in [1.54, 1.807) is 0 Å². The predicted octanol–water partition coefficient (Wildman–Crippen LogP) is 3.84. The number of aliphatic carboxylic acids is 1. The molecule has 8 heteroatoms. The summed E-state index contributed by atoms with van der Waals surface area (Å²) in [6, 6.07) is 3.95. The van der Waals surface area contributed by atoms with E-state index >= 15 is 0 Å². The monoisotopic (exact) mass is 460 g/mol. The molecular formula is C25H40N4O4. The number of alkyl carbamates (subject to hydrolysis) is 1. The van der Waals surface area contributed by atoms with Crippen LogP contribution in [-0.4, -0.2) is 65.4 Å². The number of carboxylic acid groups (broad SMARTS) is 1. The molecule has 1 aromatic heterocycles. The van der Waals surface area contributed by atoms with Gasteiger partial charge >= 0.3 is 12.1 Å². The van der Waals surface area contributed by atoms with Crippen LogP contribution in [0.3, 0.4) is 0 Å². The quantitative estimate of drug-likeness (QED) is 0.407. The summed E-state index contributed by atoms with van der Waals surface area (Å²) >= 11 is 0. The molecule has 2 heterocycles. The molecule has 1 atom stereocenters. The number of pyridine rings is 1. The Balaban J connectivity index is 1.40. The van der Waals surface area contributed by atoms with Gasteiger partial charge in [0, 0.05) is 24.8 Å². The van der Waals surface area contributed by atoms with E-state index in [1.807, 2.05) is 20.8 Å². The fourth-order valence-electron chi connectivity index (χ4n) is 4.06. The van der Waals surface area contributed by atoms with Crippen LogP contribution in [0, 0.1) is 5.41 Å². The minimum atomic E-state index is -1.02. The minimum absolute atomic E-state index is 0.163. The Labute approximate surface area is 197 Å². The van der Waals surface area contributed by atoms with Crippen LogP contribution >= 0.6 is 0 Å². The highest BCUT2D eigenvalue weighted by atomic mass is 16.5. The first-order valence-electron chi connectivity index (χ1n) is 12.3. The molecule has 0 saturated heterocycles. The molecule has 1 aliphatic heterocycles. The summed E-state index contributed by atoms with van der Waals surface area (Å²) in [4.78, 5) is 30.8. The van der Waals surface area contributed by atoms with Crippen LogP contribution < -0.4 is 10.6 Å². The zero-order chi connectivity index (χ0) is 23.8. The summed E-state index contributed by atoms with van der Waals surface area (Å²) in [6.07, 6.45) is 7.35. The zero-order valence-electron chi connectivity index (χ0n) is 20.4. The SMILES string of the molecule is CC(C)(C)COC(=O)N[C@@H](CCN(CCCCc1ccc2c(n1)NCCC2)C1CC1)C(=O)O. The molecule has 1 amide bonds. The van der Waals surface area contributed by atoms with Gasteiger partial charge in [0.25, 0.3) is 0 Å². The topological polar surface area (TPSA) is 104 Å². The Hall–Kier alpha value is -2.35.